The largest absolute Gasteiger partial charge is 0.496 e. The van der Waals surface area contributed by atoms with Crippen LogP contribution in [0.3, 0.4) is 0 Å². The van der Waals surface area contributed by atoms with Gasteiger partial charge in [-0.2, -0.15) is 5.10 Å². The van der Waals surface area contributed by atoms with Gasteiger partial charge in [-0.05, 0) is 18.6 Å². The summed E-state index contributed by atoms with van der Waals surface area (Å²) in [6.07, 6.45) is 2.33. The van der Waals surface area contributed by atoms with Gasteiger partial charge in [0.05, 0.1) is 25.4 Å². The number of halogens is 1. The highest BCUT2D eigenvalue weighted by molar-refractivity contribution is 6.34. The molecule has 0 amide bonds. The predicted molar refractivity (Wildman–Crippen MR) is 80.5 cm³/mol. The maximum Gasteiger partial charge on any atom is 0.220 e. The molecule has 0 aliphatic rings. The second kappa shape index (κ2) is 6.63. The van der Waals surface area contributed by atoms with Crippen LogP contribution in [0.15, 0.2) is 24.4 Å². The van der Waals surface area contributed by atoms with Gasteiger partial charge < -0.3 is 9.47 Å². The van der Waals surface area contributed by atoms with Crippen molar-refractivity contribution in [3.63, 3.8) is 0 Å². The van der Waals surface area contributed by atoms with Crippen molar-refractivity contribution in [1.29, 1.82) is 0 Å². The zero-order chi connectivity index (χ0) is 15.4. The molecule has 0 unspecified atom stereocenters. The fourth-order valence-electron chi connectivity index (χ4n) is 2.16. The Kier molecular flexibility index (Phi) is 4.85. The number of hydrogen-bond acceptors (Lipinski definition) is 4. The molecule has 0 bridgehead atoms. The summed E-state index contributed by atoms with van der Waals surface area (Å²) in [5.41, 5.74) is 0.698. The summed E-state index contributed by atoms with van der Waals surface area (Å²) < 4.78 is 12.2. The SMILES string of the molecule is CCCn1ncc(Cl)c1C(=O)c1c(OC)cccc1OC. The van der Waals surface area contributed by atoms with Crippen molar-refractivity contribution in [1.82, 2.24) is 9.78 Å². The minimum atomic E-state index is -0.264. The van der Waals surface area contributed by atoms with E-state index in [0.717, 1.165) is 6.42 Å². The zero-order valence-corrected chi connectivity index (χ0v) is 13.0. The van der Waals surface area contributed by atoms with Crippen LogP contribution < -0.4 is 9.47 Å². The first kappa shape index (κ1) is 15.4. The van der Waals surface area contributed by atoms with Gasteiger partial charge in [0.2, 0.25) is 5.78 Å². The number of aromatic nitrogens is 2. The summed E-state index contributed by atoms with van der Waals surface area (Å²) in [5, 5.41) is 4.47. The van der Waals surface area contributed by atoms with E-state index in [9.17, 15) is 4.79 Å². The number of carbonyl (C=O) groups is 1. The van der Waals surface area contributed by atoms with Crippen LogP contribution in [0.25, 0.3) is 0 Å². The molecule has 0 N–H and O–H groups in total. The van der Waals surface area contributed by atoms with Gasteiger partial charge in [0.1, 0.15) is 22.8 Å². The normalized spacial score (nSPS) is 10.5. The average Bonchev–Trinajstić information content (AvgIpc) is 2.86. The lowest BCUT2D eigenvalue weighted by molar-refractivity contribution is 0.102. The topological polar surface area (TPSA) is 53.4 Å². The number of nitrogens with zero attached hydrogens (tertiary/aromatic N) is 2. The molecule has 5 nitrogen and oxygen atoms in total. The summed E-state index contributed by atoms with van der Waals surface area (Å²) in [6, 6.07) is 5.19. The number of rotatable bonds is 6. The third kappa shape index (κ3) is 2.88. The fourth-order valence-corrected chi connectivity index (χ4v) is 2.39. The number of hydrogen-bond donors (Lipinski definition) is 0. The molecule has 6 heteroatoms. The van der Waals surface area contributed by atoms with Gasteiger partial charge in [-0.1, -0.05) is 24.6 Å². The lowest BCUT2D eigenvalue weighted by Crippen LogP contribution is -2.14. The first-order chi connectivity index (χ1) is 10.1. The van der Waals surface area contributed by atoms with Crippen LogP contribution in [0.4, 0.5) is 0 Å². The number of carbonyl (C=O) groups excluding carboxylic acids is 1. The Bertz CT molecular complexity index is 630. The third-order valence-electron chi connectivity index (χ3n) is 3.10. The number of methoxy groups -OCH3 is 2. The van der Waals surface area contributed by atoms with Crippen LogP contribution in [0.1, 0.15) is 29.4 Å². The second-order valence-electron chi connectivity index (χ2n) is 4.43. The zero-order valence-electron chi connectivity index (χ0n) is 12.2. The van der Waals surface area contributed by atoms with Crippen molar-refractivity contribution < 1.29 is 14.3 Å². The van der Waals surface area contributed by atoms with Gasteiger partial charge in [-0.25, -0.2) is 0 Å². The van der Waals surface area contributed by atoms with Gasteiger partial charge in [-0.3, -0.25) is 9.48 Å². The van der Waals surface area contributed by atoms with E-state index in [-0.39, 0.29) is 5.78 Å². The Balaban J connectivity index is 2.57. The van der Waals surface area contributed by atoms with E-state index in [0.29, 0.717) is 34.3 Å². The van der Waals surface area contributed by atoms with Crippen molar-refractivity contribution >= 4 is 17.4 Å². The van der Waals surface area contributed by atoms with Crippen molar-refractivity contribution in [3.05, 3.63) is 40.7 Å². The molecule has 0 saturated heterocycles. The van der Waals surface area contributed by atoms with Crippen molar-refractivity contribution in [2.45, 2.75) is 19.9 Å². The maximum absolute atomic E-state index is 12.9. The van der Waals surface area contributed by atoms with E-state index in [4.69, 9.17) is 21.1 Å². The molecule has 2 rings (SSSR count). The van der Waals surface area contributed by atoms with Crippen LogP contribution in [0.2, 0.25) is 5.02 Å². The summed E-state index contributed by atoms with van der Waals surface area (Å²) in [5.74, 6) is 0.625. The predicted octanol–water partition coefficient (Wildman–Crippen LogP) is 3.19. The van der Waals surface area contributed by atoms with Crippen LogP contribution in [-0.2, 0) is 6.54 Å². The Morgan fingerprint density at radius 1 is 1.29 bits per heavy atom. The molecule has 0 aliphatic heterocycles. The summed E-state index contributed by atoms with van der Waals surface area (Å²) in [4.78, 5) is 12.9. The number of ether oxygens (including phenoxy) is 2. The molecule has 112 valence electrons. The van der Waals surface area contributed by atoms with Crippen LogP contribution >= 0.6 is 11.6 Å². The first-order valence-corrected chi connectivity index (χ1v) is 6.98. The van der Waals surface area contributed by atoms with E-state index in [2.05, 4.69) is 5.10 Å². The van der Waals surface area contributed by atoms with Gasteiger partial charge in [0.25, 0.3) is 0 Å². The van der Waals surface area contributed by atoms with E-state index in [1.54, 1.807) is 22.9 Å². The summed E-state index contributed by atoms with van der Waals surface area (Å²) in [6.45, 7) is 2.62. The molecule has 1 heterocycles. The summed E-state index contributed by atoms with van der Waals surface area (Å²) >= 11 is 6.13. The lowest BCUT2D eigenvalue weighted by Gasteiger charge is -2.13. The quantitative estimate of drug-likeness (QED) is 0.769. The van der Waals surface area contributed by atoms with Crippen molar-refractivity contribution in [3.8, 4) is 11.5 Å². The second-order valence-corrected chi connectivity index (χ2v) is 4.84. The van der Waals surface area contributed by atoms with E-state index < -0.39 is 0 Å². The molecule has 0 saturated carbocycles. The first-order valence-electron chi connectivity index (χ1n) is 6.61. The lowest BCUT2D eigenvalue weighted by atomic mass is 10.1. The minimum absolute atomic E-state index is 0.264. The highest BCUT2D eigenvalue weighted by atomic mass is 35.5. The molecule has 1 aromatic heterocycles. The molecule has 0 spiro atoms. The van der Waals surface area contributed by atoms with Gasteiger partial charge in [0.15, 0.2) is 0 Å². The Morgan fingerprint density at radius 3 is 2.43 bits per heavy atom. The maximum atomic E-state index is 12.9. The van der Waals surface area contributed by atoms with E-state index in [1.165, 1.54) is 20.4 Å². The van der Waals surface area contributed by atoms with E-state index in [1.807, 2.05) is 6.92 Å². The highest BCUT2D eigenvalue weighted by Gasteiger charge is 2.25. The highest BCUT2D eigenvalue weighted by Crippen LogP contribution is 2.32. The van der Waals surface area contributed by atoms with Crippen molar-refractivity contribution in [2.75, 3.05) is 14.2 Å². The number of ketones is 1. The van der Waals surface area contributed by atoms with Crippen LogP contribution in [-0.4, -0.2) is 29.8 Å². The fraction of sp³-hybridized carbons (Fsp3) is 0.333. The molecule has 0 aliphatic carbocycles. The van der Waals surface area contributed by atoms with E-state index >= 15 is 0 Å². The van der Waals surface area contributed by atoms with Gasteiger partial charge in [0, 0.05) is 6.54 Å². The summed E-state index contributed by atoms with van der Waals surface area (Å²) in [7, 11) is 3.02. The Morgan fingerprint density at radius 2 is 1.90 bits per heavy atom. The average molecular weight is 309 g/mol. The van der Waals surface area contributed by atoms with Crippen LogP contribution in [0, 0.1) is 0 Å². The molecular weight excluding hydrogens is 292 g/mol. The Hall–Kier alpha value is -2.01. The molecule has 0 atom stereocenters. The standard InChI is InChI=1S/C15H17ClN2O3/c1-4-8-18-14(10(16)9-17-18)15(19)13-11(20-2)6-5-7-12(13)21-3/h5-7,9H,4,8H2,1-3H3. The minimum Gasteiger partial charge on any atom is -0.496 e. The molecule has 0 fully saturated rings. The smallest absolute Gasteiger partial charge is 0.220 e. The van der Waals surface area contributed by atoms with Gasteiger partial charge in [-0.15, -0.1) is 0 Å². The number of aryl methyl sites for hydroxylation is 1. The number of benzene rings is 1. The van der Waals surface area contributed by atoms with Crippen LogP contribution in [0.5, 0.6) is 11.5 Å². The molecule has 2 aromatic rings. The Labute approximate surface area is 128 Å². The van der Waals surface area contributed by atoms with Gasteiger partial charge >= 0.3 is 0 Å². The monoisotopic (exact) mass is 308 g/mol. The molecule has 21 heavy (non-hydrogen) atoms. The third-order valence-corrected chi connectivity index (χ3v) is 3.38. The molecule has 0 radical (unpaired) electrons. The van der Waals surface area contributed by atoms with Crippen molar-refractivity contribution in [2.24, 2.45) is 0 Å². The molecule has 1 aromatic carbocycles. The molecular formula is C15H17ClN2O3.